The number of carbonyl (C=O) groups is 3. The lowest BCUT2D eigenvalue weighted by Crippen LogP contribution is -2.42. The Balaban J connectivity index is 1.70. The second-order valence-electron chi connectivity index (χ2n) is 9.17. The number of benzene rings is 3. The molecular formula is C29H24ClNO4. The summed E-state index contributed by atoms with van der Waals surface area (Å²) in [5, 5.41) is 9.80. The maximum atomic E-state index is 13.7. The van der Waals surface area contributed by atoms with Crippen LogP contribution in [0, 0.1) is 6.92 Å². The Bertz CT molecular complexity index is 1380. The molecule has 0 fully saturated rings. The lowest BCUT2D eigenvalue weighted by molar-refractivity contribution is -0.120. The molecule has 2 unspecified atom stereocenters. The van der Waals surface area contributed by atoms with Crippen molar-refractivity contribution >= 4 is 34.9 Å². The van der Waals surface area contributed by atoms with Gasteiger partial charge in [-0.15, -0.1) is 0 Å². The average molecular weight is 486 g/mol. The number of carboxylic acids is 1. The third kappa shape index (κ3) is 4.28. The van der Waals surface area contributed by atoms with E-state index >= 15 is 0 Å². The van der Waals surface area contributed by atoms with Crippen LogP contribution in [0.3, 0.4) is 0 Å². The van der Waals surface area contributed by atoms with Crippen LogP contribution < -0.4 is 4.90 Å². The van der Waals surface area contributed by atoms with E-state index in [9.17, 15) is 19.5 Å². The number of Topliss-reactive ketones (excluding diaryl/α,β-unsaturated/α-hetero) is 1. The van der Waals surface area contributed by atoms with E-state index < -0.39 is 5.97 Å². The van der Waals surface area contributed by atoms with E-state index in [0.717, 1.165) is 16.7 Å². The summed E-state index contributed by atoms with van der Waals surface area (Å²) in [6.45, 7) is 1.99. The van der Waals surface area contributed by atoms with Crippen LogP contribution in [0.5, 0.6) is 0 Å². The number of allylic oxidation sites excluding steroid dienone is 2. The van der Waals surface area contributed by atoms with E-state index in [1.165, 1.54) is 23.1 Å². The quantitative estimate of drug-likeness (QED) is 0.472. The van der Waals surface area contributed by atoms with Gasteiger partial charge in [-0.2, -0.15) is 0 Å². The van der Waals surface area contributed by atoms with Crippen LogP contribution in [0.1, 0.15) is 58.1 Å². The Morgan fingerprint density at radius 3 is 2.37 bits per heavy atom. The molecule has 3 aromatic rings. The van der Waals surface area contributed by atoms with Crippen LogP contribution in [0.25, 0.3) is 0 Å². The van der Waals surface area contributed by atoms with E-state index in [4.69, 9.17) is 11.6 Å². The molecule has 176 valence electrons. The largest absolute Gasteiger partial charge is 0.478 e. The molecule has 6 heteroatoms. The fourth-order valence-electron chi connectivity index (χ4n) is 5.26. The number of hydrogen-bond acceptors (Lipinski definition) is 3. The van der Waals surface area contributed by atoms with Crippen molar-refractivity contribution in [1.29, 1.82) is 0 Å². The van der Waals surface area contributed by atoms with Crippen LogP contribution in [0.2, 0.25) is 5.02 Å². The van der Waals surface area contributed by atoms with Gasteiger partial charge in [0.25, 0.3) is 0 Å². The standard InChI is InChI=1S/C29H24ClNO4/c1-17-6-5-9-19(12-17)22-16-27(33)31(24-13-20(29(34)35)10-11-23(24)30)25-14-21(15-26(32)28(22)25)18-7-3-2-4-8-18/h2-13,21-22H,14-16H2,1H3,(H,34,35). The molecule has 0 saturated heterocycles. The highest BCUT2D eigenvalue weighted by molar-refractivity contribution is 6.34. The van der Waals surface area contributed by atoms with Gasteiger partial charge >= 0.3 is 5.97 Å². The third-order valence-electron chi connectivity index (χ3n) is 6.88. The van der Waals surface area contributed by atoms with E-state index in [0.29, 0.717) is 29.8 Å². The lowest BCUT2D eigenvalue weighted by Gasteiger charge is -2.41. The van der Waals surface area contributed by atoms with Gasteiger partial charge in [0.1, 0.15) is 0 Å². The predicted octanol–water partition coefficient (Wildman–Crippen LogP) is 6.27. The molecule has 3 aromatic carbocycles. The topological polar surface area (TPSA) is 74.7 Å². The third-order valence-corrected chi connectivity index (χ3v) is 7.20. The highest BCUT2D eigenvalue weighted by Gasteiger charge is 2.43. The molecule has 2 atom stereocenters. The van der Waals surface area contributed by atoms with Crippen molar-refractivity contribution in [2.45, 2.75) is 38.0 Å². The van der Waals surface area contributed by atoms with Gasteiger partial charge in [-0.1, -0.05) is 71.8 Å². The number of amides is 1. The van der Waals surface area contributed by atoms with Crippen molar-refractivity contribution in [3.63, 3.8) is 0 Å². The van der Waals surface area contributed by atoms with Crippen LogP contribution in [0.4, 0.5) is 5.69 Å². The highest BCUT2D eigenvalue weighted by Crippen LogP contribution is 2.48. The minimum atomic E-state index is -1.11. The fraction of sp³-hybridized carbons (Fsp3) is 0.207. The van der Waals surface area contributed by atoms with E-state index in [1.807, 2.05) is 61.5 Å². The summed E-state index contributed by atoms with van der Waals surface area (Å²) in [4.78, 5) is 40.5. The first-order valence-electron chi connectivity index (χ1n) is 11.6. The number of rotatable bonds is 4. The molecule has 35 heavy (non-hydrogen) atoms. The lowest BCUT2D eigenvalue weighted by atomic mass is 9.72. The van der Waals surface area contributed by atoms with Crippen LogP contribution in [-0.2, 0) is 9.59 Å². The van der Waals surface area contributed by atoms with Crippen molar-refractivity contribution in [3.8, 4) is 0 Å². The van der Waals surface area contributed by atoms with Crippen LogP contribution in [-0.4, -0.2) is 22.8 Å². The molecule has 0 saturated carbocycles. The zero-order valence-corrected chi connectivity index (χ0v) is 20.0. The van der Waals surface area contributed by atoms with E-state index in [1.54, 1.807) is 0 Å². The summed E-state index contributed by atoms with van der Waals surface area (Å²) in [7, 11) is 0. The van der Waals surface area contributed by atoms with E-state index in [2.05, 4.69) is 0 Å². The summed E-state index contributed by atoms with van der Waals surface area (Å²) in [6.07, 6.45) is 0.945. The molecule has 0 aromatic heterocycles. The number of hydrogen-bond donors (Lipinski definition) is 1. The minimum Gasteiger partial charge on any atom is -0.478 e. The Kier molecular flexibility index (Phi) is 6.03. The number of carbonyl (C=O) groups excluding carboxylic acids is 2. The minimum absolute atomic E-state index is 0.00891. The first kappa shape index (κ1) is 23.1. The highest BCUT2D eigenvalue weighted by atomic mass is 35.5. The molecule has 1 amide bonds. The van der Waals surface area contributed by atoms with Gasteiger partial charge in [-0.3, -0.25) is 14.5 Å². The summed E-state index contributed by atoms with van der Waals surface area (Å²) in [5.74, 6) is -1.74. The molecule has 1 aliphatic heterocycles. The van der Waals surface area contributed by atoms with Gasteiger partial charge < -0.3 is 5.11 Å². The Morgan fingerprint density at radius 1 is 0.914 bits per heavy atom. The normalized spacial score (nSPS) is 20.1. The van der Waals surface area contributed by atoms with Gasteiger partial charge in [0.2, 0.25) is 5.91 Å². The summed E-state index contributed by atoms with van der Waals surface area (Å²) in [6, 6.07) is 22.0. The number of nitrogens with zero attached hydrogens (tertiary/aromatic N) is 1. The molecule has 0 bridgehead atoms. The average Bonchev–Trinajstić information content (AvgIpc) is 2.84. The zero-order valence-electron chi connectivity index (χ0n) is 19.2. The van der Waals surface area contributed by atoms with Gasteiger partial charge in [-0.05, 0) is 48.6 Å². The first-order chi connectivity index (χ1) is 16.8. The molecule has 2 aliphatic rings. The molecule has 1 aliphatic carbocycles. The Morgan fingerprint density at radius 2 is 1.66 bits per heavy atom. The molecule has 5 rings (SSSR count). The van der Waals surface area contributed by atoms with Crippen LogP contribution >= 0.6 is 11.6 Å². The number of aryl methyl sites for hydroxylation is 1. The van der Waals surface area contributed by atoms with Gasteiger partial charge in [-0.25, -0.2) is 4.79 Å². The Hall–Kier alpha value is -3.70. The second kappa shape index (κ2) is 9.16. The number of halogens is 1. The first-order valence-corrected chi connectivity index (χ1v) is 11.9. The molecule has 1 heterocycles. The Labute approximate surface area is 208 Å². The maximum Gasteiger partial charge on any atom is 0.335 e. The zero-order chi connectivity index (χ0) is 24.7. The number of carboxylic acid groups (broad SMARTS) is 1. The smallest absolute Gasteiger partial charge is 0.335 e. The number of ketones is 1. The summed E-state index contributed by atoms with van der Waals surface area (Å²) in [5.41, 5.74) is 4.59. The molecular weight excluding hydrogens is 462 g/mol. The summed E-state index contributed by atoms with van der Waals surface area (Å²) >= 11 is 6.50. The van der Waals surface area contributed by atoms with Gasteiger partial charge in [0, 0.05) is 30.0 Å². The number of aromatic carboxylic acids is 1. The van der Waals surface area contributed by atoms with E-state index in [-0.39, 0.29) is 40.5 Å². The molecule has 0 spiro atoms. The predicted molar refractivity (Wildman–Crippen MR) is 135 cm³/mol. The van der Waals surface area contributed by atoms with Crippen molar-refractivity contribution in [2.24, 2.45) is 0 Å². The van der Waals surface area contributed by atoms with Crippen molar-refractivity contribution < 1.29 is 19.5 Å². The number of anilines is 1. The molecule has 0 radical (unpaired) electrons. The van der Waals surface area contributed by atoms with Gasteiger partial charge in [0.05, 0.1) is 16.3 Å². The van der Waals surface area contributed by atoms with Crippen molar-refractivity contribution in [2.75, 3.05) is 4.90 Å². The molecule has 1 N–H and O–H groups in total. The van der Waals surface area contributed by atoms with Crippen LogP contribution in [0.15, 0.2) is 84.1 Å². The summed E-state index contributed by atoms with van der Waals surface area (Å²) < 4.78 is 0. The van der Waals surface area contributed by atoms with Gasteiger partial charge in [0.15, 0.2) is 5.78 Å². The fourth-order valence-corrected chi connectivity index (χ4v) is 5.47. The monoisotopic (exact) mass is 485 g/mol. The van der Waals surface area contributed by atoms with Crippen molar-refractivity contribution in [1.82, 2.24) is 0 Å². The second-order valence-corrected chi connectivity index (χ2v) is 9.58. The molecule has 5 nitrogen and oxygen atoms in total. The van der Waals surface area contributed by atoms with Crippen molar-refractivity contribution in [3.05, 3.63) is 111 Å². The SMILES string of the molecule is Cc1cccc(C2CC(=O)N(c3cc(C(=O)O)ccc3Cl)C3=C2C(=O)CC(c2ccccc2)C3)c1. The maximum absolute atomic E-state index is 13.7.